The second-order valence-corrected chi connectivity index (χ2v) is 6.30. The van der Waals surface area contributed by atoms with Crippen LogP contribution in [-0.4, -0.2) is 36.8 Å². The molecule has 1 aromatic carbocycles. The molecular formula is C18H28ClNO. The van der Waals surface area contributed by atoms with E-state index in [0.29, 0.717) is 0 Å². The van der Waals surface area contributed by atoms with E-state index in [9.17, 15) is 5.11 Å². The van der Waals surface area contributed by atoms with Gasteiger partial charge in [-0.3, -0.25) is 0 Å². The first-order chi connectivity index (χ1) is 10.0. The van der Waals surface area contributed by atoms with Crippen LogP contribution < -0.4 is 0 Å². The molecule has 21 heavy (non-hydrogen) atoms. The zero-order chi connectivity index (χ0) is 15.7. The van der Waals surface area contributed by atoms with Crippen molar-refractivity contribution < 1.29 is 5.11 Å². The lowest BCUT2D eigenvalue weighted by Gasteiger charge is -2.24. The summed E-state index contributed by atoms with van der Waals surface area (Å²) in [6.07, 6.45) is 8.04. The smallest absolute Gasteiger partial charge is 0.0764 e. The molecule has 0 saturated carbocycles. The van der Waals surface area contributed by atoms with Gasteiger partial charge in [0, 0.05) is 17.5 Å². The summed E-state index contributed by atoms with van der Waals surface area (Å²) in [5, 5.41) is 11.2. The molecule has 0 fully saturated rings. The molecule has 0 amide bonds. The van der Waals surface area contributed by atoms with E-state index in [2.05, 4.69) is 25.9 Å². The van der Waals surface area contributed by atoms with Gasteiger partial charge in [0.15, 0.2) is 0 Å². The van der Waals surface area contributed by atoms with Gasteiger partial charge in [-0.05, 0) is 32.1 Å². The van der Waals surface area contributed by atoms with Crippen LogP contribution in [0.5, 0.6) is 0 Å². The second-order valence-electron chi connectivity index (χ2n) is 5.89. The minimum absolute atomic E-state index is 0.269. The first-order valence-electron chi connectivity index (χ1n) is 7.80. The molecule has 1 rings (SSSR count). The predicted molar refractivity (Wildman–Crippen MR) is 92.7 cm³/mol. The molecule has 2 atom stereocenters. The highest BCUT2D eigenvalue weighted by Gasteiger charge is 2.17. The molecule has 0 heterocycles. The normalized spacial score (nSPS) is 14.8. The summed E-state index contributed by atoms with van der Waals surface area (Å²) < 4.78 is 0. The molecule has 0 aliphatic carbocycles. The molecule has 1 aromatic rings. The molecule has 1 N–H and O–H groups in total. The maximum atomic E-state index is 10.5. The van der Waals surface area contributed by atoms with E-state index in [4.69, 9.17) is 11.6 Å². The van der Waals surface area contributed by atoms with Crippen LogP contribution in [0.3, 0.4) is 0 Å². The Morgan fingerprint density at radius 3 is 2.57 bits per heavy atom. The summed E-state index contributed by atoms with van der Waals surface area (Å²) in [5.41, 5.74) is 0.954. The van der Waals surface area contributed by atoms with Crippen LogP contribution in [0.2, 0.25) is 5.02 Å². The number of hydrogen-bond acceptors (Lipinski definition) is 2. The molecule has 2 nitrogen and oxygen atoms in total. The van der Waals surface area contributed by atoms with Crippen LogP contribution in [0, 0.1) is 5.92 Å². The maximum absolute atomic E-state index is 10.5. The van der Waals surface area contributed by atoms with Crippen LogP contribution in [0.15, 0.2) is 30.3 Å². The van der Waals surface area contributed by atoms with Crippen molar-refractivity contribution in [1.29, 1.82) is 0 Å². The molecule has 118 valence electrons. The number of aliphatic hydroxyl groups is 1. The number of rotatable bonds is 9. The highest BCUT2D eigenvalue weighted by molar-refractivity contribution is 6.32. The average molecular weight is 310 g/mol. The summed E-state index contributed by atoms with van der Waals surface area (Å²) in [6.45, 7) is 3.10. The molecule has 0 spiro atoms. The Bertz CT molecular complexity index is 431. The van der Waals surface area contributed by atoms with Crippen molar-refractivity contribution in [2.45, 2.75) is 38.7 Å². The second kappa shape index (κ2) is 9.99. The van der Waals surface area contributed by atoms with Gasteiger partial charge < -0.3 is 10.0 Å². The largest absolute Gasteiger partial charge is 0.389 e. The molecular weight excluding hydrogens is 282 g/mol. The Morgan fingerprint density at radius 1 is 1.24 bits per heavy atom. The third-order valence-electron chi connectivity index (χ3n) is 3.64. The van der Waals surface area contributed by atoms with E-state index in [0.717, 1.165) is 23.6 Å². The first-order valence-corrected chi connectivity index (χ1v) is 8.18. The number of hydrogen-bond donors (Lipinski definition) is 1. The van der Waals surface area contributed by atoms with Crippen molar-refractivity contribution in [2.75, 3.05) is 20.6 Å². The molecule has 0 saturated heterocycles. The summed E-state index contributed by atoms with van der Waals surface area (Å²) in [6, 6.07) is 7.70. The number of unbranched alkanes of at least 4 members (excludes halogenated alkanes) is 2. The van der Waals surface area contributed by atoms with Gasteiger partial charge in [0.1, 0.15) is 0 Å². The molecule has 0 radical (unpaired) electrons. The summed E-state index contributed by atoms with van der Waals surface area (Å²) in [7, 11) is 4.11. The molecule has 0 bridgehead atoms. The van der Waals surface area contributed by atoms with E-state index in [-0.39, 0.29) is 5.92 Å². The number of nitrogens with zero attached hydrogens (tertiary/aromatic N) is 1. The SMILES string of the molecule is CCCCCC(CN(C)C)C(O)/C=C/c1ccccc1Cl. The van der Waals surface area contributed by atoms with E-state index in [1.54, 1.807) is 0 Å². The molecule has 0 aliphatic heterocycles. The predicted octanol–water partition coefficient (Wildman–Crippen LogP) is 4.47. The van der Waals surface area contributed by atoms with Crippen molar-refractivity contribution in [3.8, 4) is 0 Å². The third kappa shape index (κ3) is 7.12. The maximum Gasteiger partial charge on any atom is 0.0764 e. The van der Waals surface area contributed by atoms with E-state index < -0.39 is 6.10 Å². The van der Waals surface area contributed by atoms with Crippen molar-refractivity contribution in [3.05, 3.63) is 40.9 Å². The lowest BCUT2D eigenvalue weighted by Crippen LogP contribution is -2.30. The summed E-state index contributed by atoms with van der Waals surface area (Å²) >= 11 is 6.13. The molecule has 3 heteroatoms. The summed E-state index contributed by atoms with van der Waals surface area (Å²) in [4.78, 5) is 2.14. The quantitative estimate of drug-likeness (QED) is 0.680. The van der Waals surface area contributed by atoms with Crippen molar-refractivity contribution in [3.63, 3.8) is 0 Å². The van der Waals surface area contributed by atoms with Gasteiger partial charge in [0.25, 0.3) is 0 Å². The van der Waals surface area contributed by atoms with E-state index in [1.807, 2.05) is 36.4 Å². The Balaban J connectivity index is 2.66. The topological polar surface area (TPSA) is 23.5 Å². The van der Waals surface area contributed by atoms with Gasteiger partial charge in [-0.25, -0.2) is 0 Å². The Hall–Kier alpha value is -0.830. The van der Waals surface area contributed by atoms with Gasteiger partial charge in [0.2, 0.25) is 0 Å². The Morgan fingerprint density at radius 2 is 1.95 bits per heavy atom. The monoisotopic (exact) mass is 309 g/mol. The lowest BCUT2D eigenvalue weighted by molar-refractivity contribution is 0.122. The fourth-order valence-corrected chi connectivity index (χ4v) is 2.66. The van der Waals surface area contributed by atoms with Crippen LogP contribution in [-0.2, 0) is 0 Å². The van der Waals surface area contributed by atoms with Crippen LogP contribution >= 0.6 is 11.6 Å². The average Bonchev–Trinajstić information content (AvgIpc) is 2.45. The minimum atomic E-state index is -0.430. The zero-order valence-electron chi connectivity index (χ0n) is 13.4. The number of aliphatic hydroxyl groups excluding tert-OH is 1. The summed E-state index contributed by atoms with van der Waals surface area (Å²) in [5.74, 6) is 0.269. The number of benzene rings is 1. The minimum Gasteiger partial charge on any atom is -0.389 e. The Kier molecular flexibility index (Phi) is 8.67. The van der Waals surface area contributed by atoms with Gasteiger partial charge >= 0.3 is 0 Å². The fraction of sp³-hybridized carbons (Fsp3) is 0.556. The lowest BCUT2D eigenvalue weighted by atomic mass is 9.94. The third-order valence-corrected chi connectivity index (χ3v) is 3.98. The van der Waals surface area contributed by atoms with Crippen molar-refractivity contribution >= 4 is 17.7 Å². The number of halogens is 1. The Labute approximate surface area is 134 Å². The molecule has 0 aliphatic rings. The fourth-order valence-electron chi connectivity index (χ4n) is 2.47. The van der Waals surface area contributed by atoms with Crippen LogP contribution in [0.25, 0.3) is 6.08 Å². The highest BCUT2D eigenvalue weighted by atomic mass is 35.5. The standard InChI is InChI=1S/C18H28ClNO/c1-4-5-6-10-16(14-20(2)3)18(21)13-12-15-9-7-8-11-17(15)19/h7-9,11-13,16,18,21H,4-6,10,14H2,1-3H3/b13-12+. The van der Waals surface area contributed by atoms with Gasteiger partial charge in [0.05, 0.1) is 6.10 Å². The highest BCUT2D eigenvalue weighted by Crippen LogP contribution is 2.20. The van der Waals surface area contributed by atoms with Gasteiger partial charge in [-0.15, -0.1) is 0 Å². The zero-order valence-corrected chi connectivity index (χ0v) is 14.2. The molecule has 0 aromatic heterocycles. The molecule has 2 unspecified atom stereocenters. The van der Waals surface area contributed by atoms with Gasteiger partial charge in [-0.1, -0.05) is 68.1 Å². The van der Waals surface area contributed by atoms with E-state index in [1.165, 1.54) is 19.3 Å². The first kappa shape index (κ1) is 18.2. The van der Waals surface area contributed by atoms with Crippen molar-refractivity contribution in [2.24, 2.45) is 5.92 Å². The van der Waals surface area contributed by atoms with Crippen molar-refractivity contribution in [1.82, 2.24) is 4.90 Å². The van der Waals surface area contributed by atoms with Crippen LogP contribution in [0.4, 0.5) is 0 Å². The van der Waals surface area contributed by atoms with Crippen LogP contribution in [0.1, 0.15) is 38.2 Å². The van der Waals surface area contributed by atoms with Gasteiger partial charge in [-0.2, -0.15) is 0 Å². The van der Waals surface area contributed by atoms with E-state index >= 15 is 0 Å².